The Morgan fingerprint density at radius 3 is 2.29 bits per heavy atom. The fraction of sp³-hybridized carbons (Fsp3) is 0.455. The molecule has 1 aromatic rings. The van der Waals surface area contributed by atoms with E-state index < -0.39 is 7.37 Å². The first-order valence-electron chi connectivity index (χ1n) is 4.94. The molecule has 0 aliphatic carbocycles. The summed E-state index contributed by atoms with van der Waals surface area (Å²) in [5, 5.41) is 0. The predicted molar refractivity (Wildman–Crippen MR) is 60.5 cm³/mol. The van der Waals surface area contributed by atoms with Crippen LogP contribution < -0.4 is 4.52 Å². The van der Waals surface area contributed by atoms with Crippen LogP contribution >= 0.6 is 7.37 Å². The number of rotatable bonds is 4. The van der Waals surface area contributed by atoms with Crippen LogP contribution in [-0.2, 0) is 4.57 Å². The van der Waals surface area contributed by atoms with Gasteiger partial charge in [0.1, 0.15) is 5.75 Å². The Balaban J connectivity index is 2.88. The third kappa shape index (κ3) is 2.62. The number of benzene rings is 1. The number of hydrogen-bond acceptors (Lipinski definition) is 2. The van der Waals surface area contributed by atoms with E-state index in [1.54, 1.807) is 0 Å². The highest BCUT2D eigenvalue weighted by Crippen LogP contribution is 2.46. The van der Waals surface area contributed by atoms with Crippen LogP contribution in [0.1, 0.15) is 19.4 Å². The lowest BCUT2D eigenvalue weighted by atomic mass is 10.2. The van der Waals surface area contributed by atoms with Gasteiger partial charge < -0.3 is 4.52 Å². The van der Waals surface area contributed by atoms with Crippen molar-refractivity contribution < 1.29 is 9.09 Å². The minimum atomic E-state index is -2.43. The molecule has 0 spiro atoms. The SMILES string of the molecule is CCP(=O)(CC)Oc1ccccc1C. The second-order valence-corrected chi connectivity index (χ2v) is 6.38. The van der Waals surface area contributed by atoms with Crippen LogP contribution in [0, 0.1) is 6.92 Å². The molecule has 0 heterocycles. The van der Waals surface area contributed by atoms with Gasteiger partial charge in [0.2, 0.25) is 7.37 Å². The lowest BCUT2D eigenvalue weighted by Crippen LogP contribution is -1.99. The van der Waals surface area contributed by atoms with Crippen molar-refractivity contribution in [3.05, 3.63) is 29.8 Å². The normalized spacial score (nSPS) is 11.4. The Morgan fingerprint density at radius 2 is 1.79 bits per heavy atom. The molecule has 0 fully saturated rings. The van der Waals surface area contributed by atoms with Crippen LogP contribution in [0.3, 0.4) is 0 Å². The largest absolute Gasteiger partial charge is 0.443 e. The lowest BCUT2D eigenvalue weighted by Gasteiger charge is -2.17. The summed E-state index contributed by atoms with van der Waals surface area (Å²) < 4.78 is 17.6. The maximum Gasteiger partial charge on any atom is 0.247 e. The monoisotopic (exact) mass is 212 g/mol. The minimum absolute atomic E-state index is 0.595. The smallest absolute Gasteiger partial charge is 0.247 e. The zero-order valence-electron chi connectivity index (χ0n) is 8.99. The third-order valence-corrected chi connectivity index (χ3v) is 4.78. The molecule has 0 N–H and O–H groups in total. The first kappa shape index (κ1) is 11.3. The van der Waals surface area contributed by atoms with E-state index in [0.29, 0.717) is 12.3 Å². The molecule has 0 radical (unpaired) electrons. The minimum Gasteiger partial charge on any atom is -0.443 e. The van der Waals surface area contributed by atoms with E-state index >= 15 is 0 Å². The Labute approximate surface area is 85.7 Å². The van der Waals surface area contributed by atoms with Gasteiger partial charge in [-0.2, -0.15) is 0 Å². The molecule has 0 bridgehead atoms. The van der Waals surface area contributed by atoms with Crippen LogP contribution in [0.25, 0.3) is 0 Å². The predicted octanol–water partition coefficient (Wildman–Crippen LogP) is 3.69. The van der Waals surface area contributed by atoms with Gasteiger partial charge in [0.05, 0.1) is 0 Å². The third-order valence-electron chi connectivity index (χ3n) is 2.32. The van der Waals surface area contributed by atoms with Gasteiger partial charge in [-0.15, -0.1) is 0 Å². The standard InChI is InChI=1S/C11H17O2P/c1-4-14(12,5-2)13-11-9-7-6-8-10(11)3/h6-9H,4-5H2,1-3H3. The number of hydrogen-bond donors (Lipinski definition) is 0. The molecule has 0 amide bonds. The summed E-state index contributed by atoms with van der Waals surface area (Å²) in [6.07, 6.45) is 1.19. The summed E-state index contributed by atoms with van der Waals surface area (Å²) in [5.74, 6) is 0.750. The summed E-state index contributed by atoms with van der Waals surface area (Å²) in [5.41, 5.74) is 1.04. The molecule has 0 saturated carbocycles. The van der Waals surface area contributed by atoms with Gasteiger partial charge in [-0.1, -0.05) is 32.0 Å². The van der Waals surface area contributed by atoms with Gasteiger partial charge in [0.15, 0.2) is 0 Å². The number of para-hydroxylation sites is 1. The van der Waals surface area contributed by atoms with Gasteiger partial charge in [0, 0.05) is 12.3 Å². The lowest BCUT2D eigenvalue weighted by molar-refractivity contribution is 0.482. The molecule has 1 rings (SSSR count). The maximum atomic E-state index is 12.1. The van der Waals surface area contributed by atoms with Crippen molar-refractivity contribution in [2.45, 2.75) is 20.8 Å². The molecule has 78 valence electrons. The topological polar surface area (TPSA) is 26.3 Å². The summed E-state index contributed by atoms with van der Waals surface area (Å²) in [4.78, 5) is 0. The Morgan fingerprint density at radius 1 is 1.21 bits per heavy atom. The van der Waals surface area contributed by atoms with E-state index in [4.69, 9.17) is 4.52 Å². The maximum absolute atomic E-state index is 12.1. The van der Waals surface area contributed by atoms with E-state index in [-0.39, 0.29) is 0 Å². The molecule has 0 unspecified atom stereocenters. The van der Waals surface area contributed by atoms with Crippen molar-refractivity contribution in [2.24, 2.45) is 0 Å². The van der Waals surface area contributed by atoms with E-state index in [0.717, 1.165) is 11.3 Å². The van der Waals surface area contributed by atoms with Crippen LogP contribution in [0.2, 0.25) is 0 Å². The zero-order chi connectivity index (χ0) is 10.6. The molecule has 2 nitrogen and oxygen atoms in total. The Hall–Kier alpha value is -0.750. The van der Waals surface area contributed by atoms with Gasteiger partial charge in [-0.05, 0) is 18.6 Å². The van der Waals surface area contributed by atoms with Crippen LogP contribution in [-0.4, -0.2) is 12.3 Å². The fourth-order valence-electron chi connectivity index (χ4n) is 1.19. The second kappa shape index (κ2) is 4.65. The molecular weight excluding hydrogens is 195 g/mol. The molecule has 0 aliphatic heterocycles. The molecule has 0 atom stereocenters. The van der Waals surface area contributed by atoms with Crippen LogP contribution in [0.4, 0.5) is 0 Å². The van der Waals surface area contributed by atoms with Crippen molar-refractivity contribution in [3.8, 4) is 5.75 Å². The first-order valence-corrected chi connectivity index (χ1v) is 6.94. The van der Waals surface area contributed by atoms with E-state index in [1.165, 1.54) is 0 Å². The van der Waals surface area contributed by atoms with Gasteiger partial charge in [0.25, 0.3) is 0 Å². The summed E-state index contributed by atoms with van der Waals surface area (Å²) >= 11 is 0. The zero-order valence-corrected chi connectivity index (χ0v) is 9.88. The second-order valence-electron chi connectivity index (χ2n) is 3.30. The molecule has 0 aromatic heterocycles. The number of aryl methyl sites for hydroxylation is 1. The fourth-order valence-corrected chi connectivity index (χ4v) is 2.46. The molecule has 0 saturated heterocycles. The average Bonchev–Trinajstić information content (AvgIpc) is 2.21. The highest BCUT2D eigenvalue weighted by Gasteiger charge is 2.19. The van der Waals surface area contributed by atoms with E-state index in [2.05, 4.69) is 0 Å². The van der Waals surface area contributed by atoms with Gasteiger partial charge in [-0.25, -0.2) is 0 Å². The molecule has 0 aliphatic rings. The van der Waals surface area contributed by atoms with Gasteiger partial charge >= 0.3 is 0 Å². The van der Waals surface area contributed by atoms with Crippen molar-refractivity contribution in [2.75, 3.05) is 12.3 Å². The molecule has 1 aromatic carbocycles. The van der Waals surface area contributed by atoms with Crippen molar-refractivity contribution in [3.63, 3.8) is 0 Å². The first-order chi connectivity index (χ1) is 6.61. The summed E-state index contributed by atoms with van der Waals surface area (Å²) in [7, 11) is -2.43. The summed E-state index contributed by atoms with van der Waals surface area (Å²) in [6, 6.07) is 7.68. The molecule has 3 heteroatoms. The van der Waals surface area contributed by atoms with Gasteiger partial charge in [-0.3, -0.25) is 4.57 Å². The van der Waals surface area contributed by atoms with Crippen molar-refractivity contribution in [1.82, 2.24) is 0 Å². The Bertz CT molecular complexity index is 339. The highest BCUT2D eigenvalue weighted by molar-refractivity contribution is 7.59. The van der Waals surface area contributed by atoms with Crippen molar-refractivity contribution in [1.29, 1.82) is 0 Å². The van der Waals surface area contributed by atoms with Crippen LogP contribution in [0.5, 0.6) is 5.75 Å². The molecular formula is C11H17O2P. The Kier molecular flexibility index (Phi) is 3.77. The quantitative estimate of drug-likeness (QED) is 0.711. The highest BCUT2D eigenvalue weighted by atomic mass is 31.2. The summed E-state index contributed by atoms with van der Waals surface area (Å²) in [6.45, 7) is 5.77. The van der Waals surface area contributed by atoms with E-state index in [9.17, 15) is 4.57 Å². The van der Waals surface area contributed by atoms with Crippen LogP contribution in [0.15, 0.2) is 24.3 Å². The van der Waals surface area contributed by atoms with E-state index in [1.807, 2.05) is 45.0 Å². The average molecular weight is 212 g/mol. The molecule has 14 heavy (non-hydrogen) atoms. The van der Waals surface area contributed by atoms with Crippen molar-refractivity contribution >= 4 is 7.37 Å².